The van der Waals surface area contributed by atoms with E-state index in [0.717, 1.165) is 30.4 Å². The molecular formula is C26H46NO4S-. The summed E-state index contributed by atoms with van der Waals surface area (Å²) in [6, 6.07) is 5.35. The van der Waals surface area contributed by atoms with Crippen LogP contribution in [-0.2, 0) is 16.7 Å². The predicted molar refractivity (Wildman–Crippen MR) is 133 cm³/mol. The molecule has 6 heteroatoms. The Morgan fingerprint density at radius 1 is 1.06 bits per heavy atom. The van der Waals surface area contributed by atoms with Gasteiger partial charge in [-0.3, -0.25) is 4.21 Å². The molecule has 0 saturated carbocycles. The number of hydrogen-bond acceptors (Lipinski definition) is 4. The van der Waals surface area contributed by atoms with Crippen molar-refractivity contribution in [1.29, 1.82) is 0 Å². The molecule has 2 unspecified atom stereocenters. The molecule has 0 radical (unpaired) electrons. The Bertz CT molecular complexity index is 712. The maximum absolute atomic E-state index is 11.6. The third-order valence-corrected chi connectivity index (χ3v) is 6.39. The van der Waals surface area contributed by atoms with Gasteiger partial charge in [0, 0.05) is 16.8 Å². The highest BCUT2D eigenvalue weighted by Gasteiger charge is 2.31. The van der Waals surface area contributed by atoms with Crippen LogP contribution in [0.3, 0.4) is 0 Å². The van der Waals surface area contributed by atoms with Crippen LogP contribution in [0.1, 0.15) is 118 Å². The molecule has 1 rings (SSSR count). The molecule has 186 valence electrons. The number of benzene rings is 1. The molecule has 0 amide bonds. The quantitative estimate of drug-likeness (QED) is 0.176. The smallest absolute Gasteiger partial charge is 0.124 e. The maximum Gasteiger partial charge on any atom is 0.124 e. The standard InChI is InChI=1S/C26H47NO4S/c1-9-10-11-12-13-14-17-31-23-16-15-21(26(7,8)19-25(4,5)6)18-22(23)24(20(2)3)27(28)32(29)30/h15-16,18,20,24,28H,9-14,17,19H2,1-8H3,(H,29,30)/p-1. The minimum atomic E-state index is -2.74. The van der Waals surface area contributed by atoms with Crippen LogP contribution in [-0.4, -0.2) is 25.0 Å². The molecule has 0 aliphatic carbocycles. The van der Waals surface area contributed by atoms with Crippen LogP contribution in [0.15, 0.2) is 18.2 Å². The van der Waals surface area contributed by atoms with Crippen LogP contribution < -0.4 is 4.74 Å². The first kappa shape index (κ1) is 29.1. The van der Waals surface area contributed by atoms with Gasteiger partial charge in [0.05, 0.1) is 12.6 Å². The second-order valence-electron chi connectivity index (χ2n) is 11.2. The Balaban J connectivity index is 3.21. The van der Waals surface area contributed by atoms with Crippen molar-refractivity contribution >= 4 is 11.3 Å². The molecule has 0 spiro atoms. The minimum absolute atomic E-state index is 0.108. The van der Waals surface area contributed by atoms with Crippen LogP contribution >= 0.6 is 0 Å². The summed E-state index contributed by atoms with van der Waals surface area (Å²) < 4.78 is 29.8. The van der Waals surface area contributed by atoms with Crippen molar-refractivity contribution in [3.8, 4) is 5.75 Å². The van der Waals surface area contributed by atoms with E-state index < -0.39 is 17.3 Å². The Kier molecular flexibility index (Phi) is 11.9. The first-order chi connectivity index (χ1) is 14.8. The number of ether oxygens (including phenoxy) is 1. The van der Waals surface area contributed by atoms with Crippen LogP contribution in [0.2, 0.25) is 0 Å². The van der Waals surface area contributed by atoms with Crippen molar-refractivity contribution in [3.05, 3.63) is 29.3 Å². The highest BCUT2D eigenvalue weighted by Crippen LogP contribution is 2.41. The van der Waals surface area contributed by atoms with Gasteiger partial charge in [-0.1, -0.05) is 93.6 Å². The summed E-state index contributed by atoms with van der Waals surface area (Å²) in [5.74, 6) is 0.521. The normalized spacial score (nSPS) is 14.8. The zero-order chi connectivity index (χ0) is 24.5. The van der Waals surface area contributed by atoms with E-state index >= 15 is 0 Å². The second kappa shape index (κ2) is 13.1. The lowest BCUT2D eigenvalue weighted by Gasteiger charge is -2.35. The summed E-state index contributed by atoms with van der Waals surface area (Å²) in [5.41, 5.74) is 1.87. The molecule has 0 fully saturated rings. The van der Waals surface area contributed by atoms with Crippen molar-refractivity contribution in [2.45, 2.75) is 112 Å². The van der Waals surface area contributed by atoms with Gasteiger partial charge in [-0.25, -0.2) is 0 Å². The molecule has 1 aromatic rings. The van der Waals surface area contributed by atoms with Gasteiger partial charge in [-0.2, -0.15) is 0 Å². The van der Waals surface area contributed by atoms with Crippen LogP contribution in [0.25, 0.3) is 0 Å². The summed E-state index contributed by atoms with van der Waals surface area (Å²) in [7, 11) is 0. The molecular weight excluding hydrogens is 422 g/mol. The van der Waals surface area contributed by atoms with E-state index in [0.29, 0.717) is 16.8 Å². The summed E-state index contributed by atoms with van der Waals surface area (Å²) in [4.78, 5) is 0. The monoisotopic (exact) mass is 468 g/mol. The van der Waals surface area contributed by atoms with Crippen LogP contribution in [0.4, 0.5) is 0 Å². The molecule has 2 atom stereocenters. The largest absolute Gasteiger partial charge is 0.758 e. The Labute approximate surface area is 199 Å². The molecule has 0 saturated heterocycles. The third-order valence-electron chi connectivity index (χ3n) is 5.86. The maximum atomic E-state index is 11.6. The van der Waals surface area contributed by atoms with E-state index in [2.05, 4.69) is 47.6 Å². The fourth-order valence-electron chi connectivity index (χ4n) is 4.65. The van der Waals surface area contributed by atoms with Gasteiger partial charge in [0.1, 0.15) is 5.75 Å². The van der Waals surface area contributed by atoms with Gasteiger partial charge in [-0.05, 0) is 47.3 Å². The molecule has 0 heterocycles. The molecule has 32 heavy (non-hydrogen) atoms. The van der Waals surface area contributed by atoms with Crippen molar-refractivity contribution in [1.82, 2.24) is 4.47 Å². The highest BCUT2D eigenvalue weighted by molar-refractivity contribution is 7.76. The summed E-state index contributed by atoms with van der Waals surface area (Å²) in [6.45, 7) is 17.7. The van der Waals surface area contributed by atoms with Gasteiger partial charge in [-0.15, -0.1) is 4.47 Å². The number of hydrogen-bond donors (Lipinski definition) is 1. The SMILES string of the molecule is CCCCCCCCOc1ccc(C(C)(C)CC(C)(C)C)cc1C(C(C)C)N(O)S(=O)[O-]. The van der Waals surface area contributed by atoms with Crippen molar-refractivity contribution in [3.63, 3.8) is 0 Å². The summed E-state index contributed by atoms with van der Waals surface area (Å²) in [5, 5.41) is 10.4. The van der Waals surface area contributed by atoms with Gasteiger partial charge in [0.2, 0.25) is 0 Å². The molecule has 5 nitrogen and oxygen atoms in total. The zero-order valence-electron chi connectivity index (χ0n) is 21.6. The van der Waals surface area contributed by atoms with Crippen molar-refractivity contribution < 1.29 is 18.7 Å². The Hall–Kier alpha value is -0.950. The Morgan fingerprint density at radius 3 is 2.19 bits per heavy atom. The number of rotatable bonds is 14. The lowest BCUT2D eigenvalue weighted by Crippen LogP contribution is -2.32. The van der Waals surface area contributed by atoms with E-state index in [9.17, 15) is 14.0 Å². The van der Waals surface area contributed by atoms with Gasteiger partial charge >= 0.3 is 0 Å². The lowest BCUT2D eigenvalue weighted by molar-refractivity contribution is -0.0548. The second-order valence-corrected chi connectivity index (χ2v) is 12.0. The predicted octanol–water partition coefficient (Wildman–Crippen LogP) is 7.32. The molecule has 1 aromatic carbocycles. The summed E-state index contributed by atoms with van der Waals surface area (Å²) in [6.07, 6.45) is 8.01. The third kappa shape index (κ3) is 9.50. The first-order valence-corrected chi connectivity index (χ1v) is 13.2. The zero-order valence-corrected chi connectivity index (χ0v) is 22.4. The van der Waals surface area contributed by atoms with Crippen LogP contribution in [0, 0.1) is 11.3 Å². The van der Waals surface area contributed by atoms with Crippen LogP contribution in [0.5, 0.6) is 5.75 Å². The number of nitrogens with zero attached hydrogens (tertiary/aromatic N) is 1. The number of unbranched alkanes of at least 4 members (excludes halogenated alkanes) is 5. The topological polar surface area (TPSA) is 72.8 Å². The fraction of sp³-hybridized carbons (Fsp3) is 0.769. The average molecular weight is 469 g/mol. The van der Waals surface area contributed by atoms with E-state index in [-0.39, 0.29) is 16.7 Å². The van der Waals surface area contributed by atoms with Crippen molar-refractivity contribution in [2.24, 2.45) is 11.3 Å². The van der Waals surface area contributed by atoms with E-state index in [1.54, 1.807) is 0 Å². The van der Waals surface area contributed by atoms with Gasteiger partial charge < -0.3 is 14.5 Å². The molecule has 0 aromatic heterocycles. The first-order valence-electron chi connectivity index (χ1n) is 12.1. The number of hydroxylamine groups is 1. The summed E-state index contributed by atoms with van der Waals surface area (Å²) >= 11 is -2.74. The van der Waals surface area contributed by atoms with E-state index in [4.69, 9.17) is 4.74 Å². The molecule has 0 aliphatic heterocycles. The highest BCUT2D eigenvalue weighted by atomic mass is 32.2. The fourth-order valence-corrected chi connectivity index (χ4v) is 5.19. The molecule has 0 bridgehead atoms. The van der Waals surface area contributed by atoms with Gasteiger partial charge in [0.15, 0.2) is 0 Å². The lowest BCUT2D eigenvalue weighted by atomic mass is 9.72. The van der Waals surface area contributed by atoms with Gasteiger partial charge in [0.25, 0.3) is 0 Å². The van der Waals surface area contributed by atoms with E-state index in [1.165, 1.54) is 25.7 Å². The average Bonchev–Trinajstić information content (AvgIpc) is 2.65. The molecule has 0 aliphatic rings. The molecule has 1 N–H and O–H groups in total. The minimum Gasteiger partial charge on any atom is -0.758 e. The van der Waals surface area contributed by atoms with Crippen molar-refractivity contribution in [2.75, 3.05) is 6.61 Å². The Morgan fingerprint density at radius 2 is 1.66 bits per heavy atom. The van der Waals surface area contributed by atoms with E-state index in [1.807, 2.05) is 26.0 Å².